The van der Waals surface area contributed by atoms with E-state index in [1.54, 1.807) is 19.2 Å². The van der Waals surface area contributed by atoms with E-state index in [2.05, 4.69) is 10.2 Å². The third-order valence-electron chi connectivity index (χ3n) is 3.60. The summed E-state index contributed by atoms with van der Waals surface area (Å²) in [6.07, 6.45) is 0.170. The summed E-state index contributed by atoms with van der Waals surface area (Å²) in [5.74, 6) is 1.05. The van der Waals surface area contributed by atoms with Crippen molar-refractivity contribution >= 4 is 5.97 Å². The van der Waals surface area contributed by atoms with Crippen molar-refractivity contribution in [1.82, 2.24) is 10.2 Å². The normalized spacial score (nSPS) is 10.5. The van der Waals surface area contributed by atoms with Crippen molar-refractivity contribution in [3.05, 3.63) is 65.5 Å². The van der Waals surface area contributed by atoms with Gasteiger partial charge in [0.1, 0.15) is 5.75 Å². The highest BCUT2D eigenvalue weighted by molar-refractivity contribution is 5.72. The predicted octanol–water partition coefficient (Wildman–Crippen LogP) is 3.34. The van der Waals surface area contributed by atoms with Crippen LogP contribution in [-0.2, 0) is 22.6 Å². The van der Waals surface area contributed by atoms with Crippen molar-refractivity contribution in [1.29, 1.82) is 0 Å². The van der Waals surface area contributed by atoms with Gasteiger partial charge in [0.25, 0.3) is 5.89 Å². The maximum Gasteiger partial charge on any atom is 0.310 e. The molecule has 1 aromatic heterocycles. The lowest BCUT2D eigenvalue weighted by atomic mass is 10.1. The lowest BCUT2D eigenvalue weighted by molar-refractivity contribution is -0.144. The van der Waals surface area contributed by atoms with Crippen molar-refractivity contribution in [2.75, 3.05) is 7.11 Å². The molecule has 0 saturated heterocycles. The minimum Gasteiger partial charge on any atom is -0.497 e. The Labute approximate surface area is 145 Å². The topological polar surface area (TPSA) is 74.5 Å². The fourth-order valence-electron chi connectivity index (χ4n) is 2.31. The van der Waals surface area contributed by atoms with Gasteiger partial charge in [-0.25, -0.2) is 0 Å². The van der Waals surface area contributed by atoms with Crippen LogP contribution in [-0.4, -0.2) is 23.3 Å². The molecule has 1 heterocycles. The molecule has 0 atom stereocenters. The second-order valence-corrected chi connectivity index (χ2v) is 5.56. The molecular weight excluding hydrogens is 320 g/mol. The smallest absolute Gasteiger partial charge is 0.310 e. The summed E-state index contributed by atoms with van der Waals surface area (Å²) in [5.41, 5.74) is 2.78. The third-order valence-corrected chi connectivity index (χ3v) is 3.60. The first-order valence-corrected chi connectivity index (χ1v) is 7.82. The fourth-order valence-corrected chi connectivity index (χ4v) is 2.31. The van der Waals surface area contributed by atoms with Crippen LogP contribution in [0.2, 0.25) is 0 Å². The Bertz CT molecular complexity index is 856. The summed E-state index contributed by atoms with van der Waals surface area (Å²) in [6.45, 7) is 1.94. The molecule has 0 saturated carbocycles. The maximum absolute atomic E-state index is 11.9. The van der Waals surface area contributed by atoms with Gasteiger partial charge in [-0.2, -0.15) is 0 Å². The Morgan fingerprint density at radius 1 is 1.12 bits per heavy atom. The van der Waals surface area contributed by atoms with Gasteiger partial charge in [-0.3, -0.25) is 4.79 Å². The number of carbonyl (C=O) groups is 1. The van der Waals surface area contributed by atoms with Gasteiger partial charge in [-0.15, -0.1) is 10.2 Å². The Morgan fingerprint density at radius 2 is 1.92 bits per heavy atom. The predicted molar refractivity (Wildman–Crippen MR) is 91.0 cm³/mol. The Morgan fingerprint density at radius 3 is 2.64 bits per heavy atom. The van der Waals surface area contributed by atoms with E-state index in [-0.39, 0.29) is 24.9 Å². The number of rotatable bonds is 6. The molecule has 0 aliphatic carbocycles. The van der Waals surface area contributed by atoms with Crippen molar-refractivity contribution in [3.8, 4) is 17.2 Å². The molecule has 2 aromatic carbocycles. The molecule has 0 unspecified atom stereocenters. The maximum atomic E-state index is 11.9. The Balaban J connectivity index is 1.55. The number of aromatic nitrogens is 2. The van der Waals surface area contributed by atoms with Crippen molar-refractivity contribution in [3.63, 3.8) is 0 Å². The third kappa shape index (κ3) is 4.44. The highest BCUT2D eigenvalue weighted by atomic mass is 16.5. The molecule has 6 heteroatoms. The number of ether oxygens (including phenoxy) is 2. The second kappa shape index (κ2) is 7.61. The van der Waals surface area contributed by atoms with Gasteiger partial charge in [-0.1, -0.05) is 29.8 Å². The average molecular weight is 338 g/mol. The van der Waals surface area contributed by atoms with E-state index >= 15 is 0 Å². The van der Waals surface area contributed by atoms with Crippen LogP contribution in [0.15, 0.2) is 52.9 Å². The van der Waals surface area contributed by atoms with Gasteiger partial charge in [0.15, 0.2) is 6.61 Å². The molecule has 128 valence electrons. The molecule has 0 spiro atoms. The standard InChI is InChI=1S/C19H18N2O4/c1-13-4-3-5-15(10-13)19-21-20-17(25-19)12-24-18(22)11-14-6-8-16(23-2)9-7-14/h3-10H,11-12H2,1-2H3. The van der Waals surface area contributed by atoms with E-state index in [0.717, 1.165) is 22.4 Å². The zero-order chi connectivity index (χ0) is 17.6. The van der Waals surface area contributed by atoms with Gasteiger partial charge < -0.3 is 13.9 Å². The van der Waals surface area contributed by atoms with E-state index in [9.17, 15) is 4.79 Å². The summed E-state index contributed by atoms with van der Waals surface area (Å²) in [5, 5.41) is 7.90. The van der Waals surface area contributed by atoms with Crippen LogP contribution in [0.4, 0.5) is 0 Å². The number of carbonyl (C=O) groups excluding carboxylic acids is 1. The van der Waals surface area contributed by atoms with Gasteiger partial charge in [0, 0.05) is 5.56 Å². The van der Waals surface area contributed by atoms with E-state index in [0.29, 0.717) is 5.89 Å². The zero-order valence-electron chi connectivity index (χ0n) is 14.1. The van der Waals surface area contributed by atoms with Crippen LogP contribution in [0.25, 0.3) is 11.5 Å². The summed E-state index contributed by atoms with van der Waals surface area (Å²) < 4.78 is 15.8. The zero-order valence-corrected chi connectivity index (χ0v) is 14.1. The molecule has 0 amide bonds. The molecule has 0 aliphatic rings. The molecular formula is C19H18N2O4. The second-order valence-electron chi connectivity index (χ2n) is 5.56. The lowest BCUT2D eigenvalue weighted by Gasteiger charge is -2.04. The van der Waals surface area contributed by atoms with Crippen LogP contribution in [0.1, 0.15) is 17.0 Å². The molecule has 3 rings (SSSR count). The van der Waals surface area contributed by atoms with Crippen LogP contribution < -0.4 is 4.74 Å². The number of esters is 1. The molecule has 3 aromatic rings. The molecule has 6 nitrogen and oxygen atoms in total. The Kier molecular flexibility index (Phi) is 5.09. The van der Waals surface area contributed by atoms with Crippen LogP contribution in [0.3, 0.4) is 0 Å². The molecule has 0 aliphatic heterocycles. The van der Waals surface area contributed by atoms with Crippen LogP contribution in [0.5, 0.6) is 5.75 Å². The summed E-state index contributed by atoms with van der Waals surface area (Å²) in [4.78, 5) is 11.9. The van der Waals surface area contributed by atoms with Gasteiger partial charge in [-0.05, 0) is 36.8 Å². The SMILES string of the molecule is COc1ccc(CC(=O)OCc2nnc(-c3cccc(C)c3)o2)cc1. The number of aryl methyl sites for hydroxylation is 1. The fraction of sp³-hybridized carbons (Fsp3) is 0.211. The summed E-state index contributed by atoms with van der Waals surface area (Å²) in [7, 11) is 1.60. The first-order chi connectivity index (χ1) is 12.1. The minimum atomic E-state index is -0.361. The first-order valence-electron chi connectivity index (χ1n) is 7.82. The van der Waals surface area contributed by atoms with Gasteiger partial charge in [0.2, 0.25) is 5.89 Å². The van der Waals surface area contributed by atoms with Crippen molar-refractivity contribution in [2.24, 2.45) is 0 Å². The quantitative estimate of drug-likeness (QED) is 0.642. The monoisotopic (exact) mass is 338 g/mol. The van der Waals surface area contributed by atoms with Gasteiger partial charge in [0.05, 0.1) is 13.5 Å². The Hall–Kier alpha value is -3.15. The minimum absolute atomic E-state index is 0.0478. The molecule has 0 radical (unpaired) electrons. The largest absolute Gasteiger partial charge is 0.497 e. The summed E-state index contributed by atoms with van der Waals surface area (Å²) in [6, 6.07) is 15.0. The highest BCUT2D eigenvalue weighted by Crippen LogP contribution is 2.19. The molecule has 0 bridgehead atoms. The molecule has 25 heavy (non-hydrogen) atoms. The van der Waals surface area contributed by atoms with Crippen LogP contribution >= 0.6 is 0 Å². The number of benzene rings is 2. The lowest BCUT2D eigenvalue weighted by Crippen LogP contribution is -2.08. The summed E-state index contributed by atoms with van der Waals surface area (Å²) >= 11 is 0. The number of nitrogens with zero attached hydrogens (tertiary/aromatic N) is 2. The molecule has 0 N–H and O–H groups in total. The average Bonchev–Trinajstić information content (AvgIpc) is 3.10. The van der Waals surface area contributed by atoms with E-state index < -0.39 is 0 Å². The van der Waals surface area contributed by atoms with Gasteiger partial charge >= 0.3 is 5.97 Å². The first kappa shape index (κ1) is 16.7. The van der Waals surface area contributed by atoms with Crippen molar-refractivity contribution in [2.45, 2.75) is 20.0 Å². The van der Waals surface area contributed by atoms with Crippen molar-refractivity contribution < 1.29 is 18.7 Å². The number of hydrogen-bond donors (Lipinski definition) is 0. The highest BCUT2D eigenvalue weighted by Gasteiger charge is 2.11. The molecule has 0 fully saturated rings. The van der Waals surface area contributed by atoms with E-state index in [4.69, 9.17) is 13.9 Å². The van der Waals surface area contributed by atoms with E-state index in [1.165, 1.54) is 0 Å². The number of hydrogen-bond acceptors (Lipinski definition) is 6. The van der Waals surface area contributed by atoms with Crippen LogP contribution in [0, 0.1) is 6.92 Å². The van der Waals surface area contributed by atoms with E-state index in [1.807, 2.05) is 43.3 Å². The number of methoxy groups -OCH3 is 1.